The molecule has 0 aromatic carbocycles. The lowest BCUT2D eigenvalue weighted by molar-refractivity contribution is 0.0203. The molecule has 0 radical (unpaired) electrons. The molecule has 1 saturated carbocycles. The maximum atomic E-state index is 5.33. The van der Waals surface area contributed by atoms with Crippen molar-refractivity contribution in [2.45, 2.75) is 31.8 Å². The van der Waals surface area contributed by atoms with Crippen LogP contribution in [0.1, 0.15) is 19.8 Å². The minimum absolute atomic E-state index is 0.671. The highest BCUT2D eigenvalue weighted by atomic mass is 16.5. The zero-order valence-corrected chi connectivity index (χ0v) is 8.46. The van der Waals surface area contributed by atoms with Gasteiger partial charge < -0.3 is 10.1 Å². The van der Waals surface area contributed by atoms with E-state index in [0.29, 0.717) is 6.04 Å². The normalized spacial score (nSPS) is 27.5. The van der Waals surface area contributed by atoms with E-state index in [2.05, 4.69) is 17.1 Å². The molecule has 0 amide bonds. The van der Waals surface area contributed by atoms with Crippen molar-refractivity contribution in [3.8, 4) is 0 Å². The summed E-state index contributed by atoms with van der Waals surface area (Å²) in [6.07, 6.45) is 2.77. The molecule has 0 aromatic heterocycles. The summed E-state index contributed by atoms with van der Waals surface area (Å²) in [5.74, 6) is 0. The molecule has 3 heteroatoms. The molecule has 1 unspecified atom stereocenters. The maximum absolute atomic E-state index is 5.33. The Balaban J connectivity index is 1.64. The molecule has 1 aliphatic heterocycles. The topological polar surface area (TPSA) is 24.5 Å². The van der Waals surface area contributed by atoms with Gasteiger partial charge in [0.05, 0.1) is 13.2 Å². The Hall–Kier alpha value is -0.120. The van der Waals surface area contributed by atoms with Crippen molar-refractivity contribution < 1.29 is 4.74 Å². The number of rotatable bonds is 4. The fourth-order valence-corrected chi connectivity index (χ4v) is 1.77. The van der Waals surface area contributed by atoms with Crippen molar-refractivity contribution in [1.82, 2.24) is 10.2 Å². The molecule has 2 fully saturated rings. The van der Waals surface area contributed by atoms with Crippen molar-refractivity contribution in [1.29, 1.82) is 0 Å². The third-order valence-corrected chi connectivity index (χ3v) is 2.95. The molecular weight excluding hydrogens is 164 g/mol. The number of nitrogens with zero attached hydrogens (tertiary/aromatic N) is 1. The lowest BCUT2D eigenvalue weighted by Gasteiger charge is -2.32. The fourth-order valence-electron chi connectivity index (χ4n) is 1.77. The monoisotopic (exact) mass is 184 g/mol. The second-order valence-electron chi connectivity index (χ2n) is 4.18. The predicted octanol–water partition coefficient (Wildman–Crippen LogP) is 0.459. The molecule has 1 heterocycles. The van der Waals surface area contributed by atoms with Crippen molar-refractivity contribution in [2.24, 2.45) is 0 Å². The largest absolute Gasteiger partial charge is 0.379 e. The van der Waals surface area contributed by atoms with Gasteiger partial charge in [0, 0.05) is 31.7 Å². The summed E-state index contributed by atoms with van der Waals surface area (Å²) in [6, 6.07) is 1.51. The smallest absolute Gasteiger partial charge is 0.0594 e. The summed E-state index contributed by atoms with van der Waals surface area (Å²) in [5, 5.41) is 3.57. The zero-order chi connectivity index (χ0) is 9.10. The third kappa shape index (κ3) is 2.93. The molecule has 2 rings (SSSR count). The SMILES string of the molecule is CC(CNC1CC1)N1CCOCC1. The number of ether oxygens (including phenoxy) is 1. The first kappa shape index (κ1) is 9.44. The lowest BCUT2D eigenvalue weighted by atomic mass is 10.2. The molecule has 0 aromatic rings. The van der Waals surface area contributed by atoms with E-state index in [4.69, 9.17) is 4.74 Å². The Labute approximate surface area is 80.4 Å². The van der Waals surface area contributed by atoms with Gasteiger partial charge >= 0.3 is 0 Å². The third-order valence-electron chi connectivity index (χ3n) is 2.95. The van der Waals surface area contributed by atoms with Crippen LogP contribution in [0.25, 0.3) is 0 Å². The Bertz CT molecular complexity index is 153. The summed E-state index contributed by atoms with van der Waals surface area (Å²) in [4.78, 5) is 2.51. The predicted molar refractivity (Wildman–Crippen MR) is 52.9 cm³/mol. The van der Waals surface area contributed by atoms with E-state index in [9.17, 15) is 0 Å². The van der Waals surface area contributed by atoms with E-state index in [-0.39, 0.29) is 0 Å². The van der Waals surface area contributed by atoms with Gasteiger partial charge in [-0.3, -0.25) is 4.90 Å². The fraction of sp³-hybridized carbons (Fsp3) is 1.00. The number of morpholine rings is 1. The average Bonchev–Trinajstić information content (AvgIpc) is 2.99. The molecule has 1 aliphatic carbocycles. The maximum Gasteiger partial charge on any atom is 0.0594 e. The highest BCUT2D eigenvalue weighted by molar-refractivity contribution is 4.83. The van der Waals surface area contributed by atoms with Gasteiger partial charge in [-0.1, -0.05) is 0 Å². The van der Waals surface area contributed by atoms with Crippen LogP contribution in [0.5, 0.6) is 0 Å². The van der Waals surface area contributed by atoms with Crippen LogP contribution in [-0.4, -0.2) is 49.8 Å². The van der Waals surface area contributed by atoms with Gasteiger partial charge in [-0.05, 0) is 19.8 Å². The van der Waals surface area contributed by atoms with E-state index >= 15 is 0 Å². The summed E-state index contributed by atoms with van der Waals surface area (Å²) in [7, 11) is 0. The van der Waals surface area contributed by atoms with Crippen LogP contribution in [0, 0.1) is 0 Å². The zero-order valence-electron chi connectivity index (χ0n) is 8.46. The molecule has 13 heavy (non-hydrogen) atoms. The first-order valence-electron chi connectivity index (χ1n) is 5.41. The minimum atomic E-state index is 0.671. The van der Waals surface area contributed by atoms with Crippen molar-refractivity contribution in [3.05, 3.63) is 0 Å². The van der Waals surface area contributed by atoms with Crippen LogP contribution in [0.4, 0.5) is 0 Å². The number of hydrogen-bond donors (Lipinski definition) is 1. The quantitative estimate of drug-likeness (QED) is 0.687. The molecule has 1 saturated heterocycles. The second-order valence-corrected chi connectivity index (χ2v) is 4.18. The number of nitrogens with one attached hydrogen (secondary N) is 1. The van der Waals surface area contributed by atoms with Gasteiger partial charge in [-0.2, -0.15) is 0 Å². The average molecular weight is 184 g/mol. The van der Waals surface area contributed by atoms with Gasteiger partial charge in [0.25, 0.3) is 0 Å². The molecule has 2 aliphatic rings. The summed E-state index contributed by atoms with van der Waals surface area (Å²) < 4.78 is 5.33. The van der Waals surface area contributed by atoms with Crippen LogP contribution in [0.15, 0.2) is 0 Å². The van der Waals surface area contributed by atoms with Crippen LogP contribution < -0.4 is 5.32 Å². The first-order chi connectivity index (χ1) is 6.36. The van der Waals surface area contributed by atoms with Gasteiger partial charge in [-0.25, -0.2) is 0 Å². The van der Waals surface area contributed by atoms with Crippen LogP contribution in [-0.2, 0) is 4.74 Å². The van der Waals surface area contributed by atoms with E-state index in [1.165, 1.54) is 12.8 Å². The van der Waals surface area contributed by atoms with Gasteiger partial charge in [-0.15, -0.1) is 0 Å². The molecule has 0 bridgehead atoms. The standard InChI is InChI=1S/C10H20N2O/c1-9(8-11-10-2-3-10)12-4-6-13-7-5-12/h9-11H,2-8H2,1H3. The Morgan fingerprint density at radius 3 is 2.69 bits per heavy atom. The van der Waals surface area contributed by atoms with Gasteiger partial charge in [0.15, 0.2) is 0 Å². The molecule has 1 N–H and O–H groups in total. The van der Waals surface area contributed by atoms with Gasteiger partial charge in [0.2, 0.25) is 0 Å². The van der Waals surface area contributed by atoms with E-state index < -0.39 is 0 Å². The Morgan fingerprint density at radius 1 is 1.38 bits per heavy atom. The molecule has 76 valence electrons. The summed E-state index contributed by atoms with van der Waals surface area (Å²) in [5.41, 5.74) is 0. The summed E-state index contributed by atoms with van der Waals surface area (Å²) in [6.45, 7) is 7.48. The minimum Gasteiger partial charge on any atom is -0.379 e. The summed E-state index contributed by atoms with van der Waals surface area (Å²) >= 11 is 0. The molecule has 0 spiro atoms. The van der Waals surface area contributed by atoms with E-state index in [0.717, 1.165) is 38.9 Å². The van der Waals surface area contributed by atoms with E-state index in [1.807, 2.05) is 0 Å². The number of hydrogen-bond acceptors (Lipinski definition) is 3. The van der Waals surface area contributed by atoms with Crippen LogP contribution in [0.3, 0.4) is 0 Å². The molecular formula is C10H20N2O. The second kappa shape index (κ2) is 4.40. The van der Waals surface area contributed by atoms with Crippen LogP contribution in [0.2, 0.25) is 0 Å². The van der Waals surface area contributed by atoms with E-state index in [1.54, 1.807) is 0 Å². The lowest BCUT2D eigenvalue weighted by Crippen LogP contribution is -2.46. The van der Waals surface area contributed by atoms with Crippen molar-refractivity contribution in [3.63, 3.8) is 0 Å². The van der Waals surface area contributed by atoms with Gasteiger partial charge in [0.1, 0.15) is 0 Å². The molecule has 1 atom stereocenters. The first-order valence-corrected chi connectivity index (χ1v) is 5.41. The van der Waals surface area contributed by atoms with Crippen molar-refractivity contribution in [2.75, 3.05) is 32.8 Å². The van der Waals surface area contributed by atoms with Crippen LogP contribution >= 0.6 is 0 Å². The molecule has 3 nitrogen and oxygen atoms in total. The highest BCUT2D eigenvalue weighted by Gasteiger charge is 2.23. The Morgan fingerprint density at radius 2 is 2.08 bits per heavy atom. The highest BCUT2D eigenvalue weighted by Crippen LogP contribution is 2.18. The Kier molecular flexibility index (Phi) is 3.19. The van der Waals surface area contributed by atoms with Crippen molar-refractivity contribution >= 4 is 0 Å².